The first-order valence-corrected chi connectivity index (χ1v) is 7.34. The quantitative estimate of drug-likeness (QED) is 0.777. The topological polar surface area (TPSA) is 22.1 Å². The molecule has 1 aromatic heterocycles. The van der Waals surface area contributed by atoms with Gasteiger partial charge in [-0.15, -0.1) is 0 Å². The number of ether oxygens (including phenoxy) is 1. The Morgan fingerprint density at radius 1 is 1.29 bits per heavy atom. The summed E-state index contributed by atoms with van der Waals surface area (Å²) < 4.78 is 5.70. The predicted octanol–water partition coefficient (Wildman–Crippen LogP) is 4.29. The van der Waals surface area contributed by atoms with Gasteiger partial charge in [-0.05, 0) is 44.2 Å². The maximum absolute atomic E-state index is 5.70. The van der Waals surface area contributed by atoms with Crippen LogP contribution in [0.3, 0.4) is 0 Å². The van der Waals surface area contributed by atoms with Crippen molar-refractivity contribution in [2.45, 2.75) is 56.4 Å². The van der Waals surface area contributed by atoms with E-state index in [1.165, 1.54) is 31.2 Å². The van der Waals surface area contributed by atoms with Gasteiger partial charge in [-0.1, -0.05) is 28.8 Å². The Labute approximate surface area is 112 Å². The third-order valence-corrected chi connectivity index (χ3v) is 4.31. The zero-order valence-electron chi connectivity index (χ0n) is 10.5. The molecule has 1 aromatic rings. The lowest BCUT2D eigenvalue weighted by atomic mass is 9.84. The highest BCUT2D eigenvalue weighted by atomic mass is 79.9. The van der Waals surface area contributed by atoms with Gasteiger partial charge in [-0.25, -0.2) is 0 Å². The van der Waals surface area contributed by atoms with Crippen molar-refractivity contribution in [3.63, 3.8) is 0 Å². The third kappa shape index (κ3) is 3.44. The maximum atomic E-state index is 5.70. The van der Waals surface area contributed by atoms with E-state index in [9.17, 15) is 0 Å². The minimum atomic E-state index is 0.207. The minimum absolute atomic E-state index is 0.207. The predicted molar refractivity (Wildman–Crippen MR) is 73.9 cm³/mol. The highest BCUT2D eigenvalue weighted by Crippen LogP contribution is 2.38. The molecule has 17 heavy (non-hydrogen) atoms. The van der Waals surface area contributed by atoms with Crippen LogP contribution in [0.4, 0.5) is 0 Å². The molecular weight excluding hydrogens is 278 g/mol. The summed E-state index contributed by atoms with van der Waals surface area (Å²) in [4.78, 5) is 4.89. The van der Waals surface area contributed by atoms with Gasteiger partial charge < -0.3 is 4.74 Å². The molecule has 1 aliphatic rings. The van der Waals surface area contributed by atoms with Gasteiger partial charge >= 0.3 is 0 Å². The van der Waals surface area contributed by atoms with Gasteiger partial charge in [0, 0.05) is 11.0 Å². The van der Waals surface area contributed by atoms with Crippen LogP contribution in [-0.2, 0) is 0 Å². The second-order valence-electron chi connectivity index (χ2n) is 5.03. The summed E-state index contributed by atoms with van der Waals surface area (Å²) in [5.74, 6) is 1.48. The van der Waals surface area contributed by atoms with Crippen molar-refractivity contribution >= 4 is 15.9 Å². The lowest BCUT2D eigenvalue weighted by Crippen LogP contribution is -2.17. The fourth-order valence-electron chi connectivity index (χ4n) is 2.44. The normalized spacial score (nSPS) is 24.9. The molecule has 1 fully saturated rings. The Morgan fingerprint density at radius 2 is 2.06 bits per heavy atom. The van der Waals surface area contributed by atoms with Crippen LogP contribution >= 0.6 is 15.9 Å². The first-order valence-electron chi connectivity index (χ1n) is 6.42. The zero-order valence-corrected chi connectivity index (χ0v) is 12.1. The van der Waals surface area contributed by atoms with E-state index in [2.05, 4.69) is 27.0 Å². The second kappa shape index (κ2) is 5.85. The SMILES string of the molecule is CC(C)Oc1cncc(C2CCCCC2Br)c1. The Balaban J connectivity index is 2.14. The molecule has 0 N–H and O–H groups in total. The monoisotopic (exact) mass is 297 g/mol. The van der Waals surface area contributed by atoms with Gasteiger partial charge in [-0.2, -0.15) is 0 Å². The van der Waals surface area contributed by atoms with Crippen LogP contribution in [0.15, 0.2) is 18.5 Å². The van der Waals surface area contributed by atoms with Gasteiger partial charge in [0.15, 0.2) is 0 Å². The van der Waals surface area contributed by atoms with E-state index >= 15 is 0 Å². The molecule has 0 bridgehead atoms. The van der Waals surface area contributed by atoms with Crippen LogP contribution in [-0.4, -0.2) is 15.9 Å². The van der Waals surface area contributed by atoms with Crippen molar-refractivity contribution in [2.75, 3.05) is 0 Å². The van der Waals surface area contributed by atoms with Crippen molar-refractivity contribution in [3.8, 4) is 5.75 Å². The number of pyridine rings is 1. The maximum Gasteiger partial charge on any atom is 0.138 e. The Kier molecular flexibility index (Phi) is 4.43. The lowest BCUT2D eigenvalue weighted by Gasteiger charge is -2.27. The van der Waals surface area contributed by atoms with E-state index in [0.29, 0.717) is 10.7 Å². The smallest absolute Gasteiger partial charge is 0.138 e. The average Bonchev–Trinajstić information content (AvgIpc) is 2.29. The van der Waals surface area contributed by atoms with Crippen LogP contribution in [0.5, 0.6) is 5.75 Å². The van der Waals surface area contributed by atoms with Gasteiger partial charge in [0.2, 0.25) is 0 Å². The fourth-order valence-corrected chi connectivity index (χ4v) is 3.33. The summed E-state index contributed by atoms with van der Waals surface area (Å²) in [5.41, 5.74) is 1.31. The zero-order chi connectivity index (χ0) is 12.3. The van der Waals surface area contributed by atoms with Crippen molar-refractivity contribution in [3.05, 3.63) is 24.0 Å². The summed E-state index contributed by atoms with van der Waals surface area (Å²) in [5, 5.41) is 0. The summed E-state index contributed by atoms with van der Waals surface area (Å²) in [6.45, 7) is 4.08. The number of hydrogen-bond donors (Lipinski definition) is 0. The molecule has 2 unspecified atom stereocenters. The number of aromatic nitrogens is 1. The van der Waals surface area contributed by atoms with E-state index in [1.54, 1.807) is 6.20 Å². The van der Waals surface area contributed by atoms with Crippen molar-refractivity contribution in [1.29, 1.82) is 0 Å². The van der Waals surface area contributed by atoms with Crippen LogP contribution in [0.25, 0.3) is 0 Å². The van der Waals surface area contributed by atoms with Gasteiger partial charge in [-0.3, -0.25) is 4.98 Å². The molecule has 1 aliphatic carbocycles. The number of alkyl halides is 1. The standard InChI is InChI=1S/C14H20BrNO/c1-10(2)17-12-7-11(8-16-9-12)13-5-3-4-6-14(13)15/h7-10,13-14H,3-6H2,1-2H3. The Bertz CT molecular complexity index is 367. The van der Waals surface area contributed by atoms with E-state index in [1.807, 2.05) is 20.0 Å². The molecule has 0 spiro atoms. The van der Waals surface area contributed by atoms with Crippen LogP contribution in [0.2, 0.25) is 0 Å². The van der Waals surface area contributed by atoms with E-state index in [-0.39, 0.29) is 6.10 Å². The number of nitrogens with zero attached hydrogens (tertiary/aromatic N) is 1. The largest absolute Gasteiger partial charge is 0.489 e. The minimum Gasteiger partial charge on any atom is -0.489 e. The Hall–Kier alpha value is -0.570. The average molecular weight is 298 g/mol. The number of halogens is 1. The summed E-state index contributed by atoms with van der Waals surface area (Å²) in [6.07, 6.45) is 9.16. The van der Waals surface area contributed by atoms with Crippen molar-refractivity contribution < 1.29 is 4.74 Å². The van der Waals surface area contributed by atoms with Gasteiger partial charge in [0.1, 0.15) is 5.75 Å². The highest BCUT2D eigenvalue weighted by Gasteiger charge is 2.24. The van der Waals surface area contributed by atoms with E-state index in [0.717, 1.165) is 5.75 Å². The molecule has 0 aliphatic heterocycles. The van der Waals surface area contributed by atoms with Crippen LogP contribution in [0, 0.1) is 0 Å². The summed E-state index contributed by atoms with van der Waals surface area (Å²) in [6, 6.07) is 2.15. The van der Waals surface area contributed by atoms with E-state index in [4.69, 9.17) is 4.74 Å². The van der Waals surface area contributed by atoms with Crippen LogP contribution < -0.4 is 4.74 Å². The molecule has 0 aromatic carbocycles. The highest BCUT2D eigenvalue weighted by molar-refractivity contribution is 9.09. The summed E-state index contributed by atoms with van der Waals surface area (Å²) >= 11 is 3.80. The molecule has 1 saturated carbocycles. The lowest BCUT2D eigenvalue weighted by molar-refractivity contribution is 0.241. The number of rotatable bonds is 3. The molecule has 2 rings (SSSR count). The van der Waals surface area contributed by atoms with E-state index < -0.39 is 0 Å². The van der Waals surface area contributed by atoms with Crippen molar-refractivity contribution in [2.24, 2.45) is 0 Å². The molecule has 1 heterocycles. The first-order chi connectivity index (χ1) is 8.16. The third-order valence-electron chi connectivity index (χ3n) is 3.22. The molecule has 94 valence electrons. The molecule has 2 atom stereocenters. The second-order valence-corrected chi connectivity index (χ2v) is 6.20. The molecule has 0 radical (unpaired) electrons. The molecule has 0 amide bonds. The first kappa shape index (κ1) is 12.9. The van der Waals surface area contributed by atoms with Gasteiger partial charge in [0.25, 0.3) is 0 Å². The summed E-state index contributed by atoms with van der Waals surface area (Å²) in [7, 11) is 0. The number of hydrogen-bond acceptors (Lipinski definition) is 2. The molecule has 2 nitrogen and oxygen atoms in total. The van der Waals surface area contributed by atoms with Crippen molar-refractivity contribution in [1.82, 2.24) is 4.98 Å². The van der Waals surface area contributed by atoms with Crippen LogP contribution in [0.1, 0.15) is 51.0 Å². The molecule has 0 saturated heterocycles. The molecular formula is C14H20BrNO. The Morgan fingerprint density at radius 3 is 2.76 bits per heavy atom. The van der Waals surface area contributed by atoms with Gasteiger partial charge in [0.05, 0.1) is 12.3 Å². The molecule has 3 heteroatoms. The fraction of sp³-hybridized carbons (Fsp3) is 0.643.